The van der Waals surface area contributed by atoms with Crippen molar-refractivity contribution in [1.82, 2.24) is 0 Å². The quantitative estimate of drug-likeness (QED) is 0.699. The third-order valence-corrected chi connectivity index (χ3v) is 5.29. The standard InChI is InChI=1S/C6H12O4Si.C6H16O2Si/c1-5(7)9-11(3,4)10-6(2)8;1-5-7-9(3,4)8-6-2/h1-4H3;5-6H2,1-4H3. The van der Waals surface area contributed by atoms with E-state index in [1.54, 1.807) is 13.1 Å². The molecule has 6 nitrogen and oxygen atoms in total. The first-order valence-corrected chi connectivity index (χ1v) is 12.3. The van der Waals surface area contributed by atoms with Crippen molar-refractivity contribution >= 4 is 29.1 Å². The highest BCUT2D eigenvalue weighted by atomic mass is 28.4. The lowest BCUT2D eigenvalue weighted by atomic mass is 10.9. The van der Waals surface area contributed by atoms with Gasteiger partial charge in [-0.2, -0.15) is 0 Å². The topological polar surface area (TPSA) is 71.1 Å². The average molecular weight is 325 g/mol. The fourth-order valence-corrected chi connectivity index (χ4v) is 4.35. The Morgan fingerprint density at radius 3 is 1.25 bits per heavy atom. The number of hydrogen-bond donors (Lipinski definition) is 0. The van der Waals surface area contributed by atoms with Gasteiger partial charge >= 0.3 is 17.1 Å². The van der Waals surface area contributed by atoms with Gasteiger partial charge in [0, 0.05) is 40.2 Å². The van der Waals surface area contributed by atoms with E-state index in [4.69, 9.17) is 17.7 Å². The summed E-state index contributed by atoms with van der Waals surface area (Å²) < 4.78 is 20.4. The normalized spacial score (nSPS) is 11.2. The number of carbonyl (C=O) groups excluding carboxylic acids is 2. The van der Waals surface area contributed by atoms with Crippen molar-refractivity contribution in [2.45, 2.75) is 53.9 Å². The molecule has 0 aliphatic rings. The van der Waals surface area contributed by atoms with Crippen molar-refractivity contribution in [2.75, 3.05) is 13.2 Å². The van der Waals surface area contributed by atoms with Crippen LogP contribution in [0.1, 0.15) is 27.7 Å². The van der Waals surface area contributed by atoms with E-state index in [2.05, 4.69) is 13.1 Å². The highest BCUT2D eigenvalue weighted by molar-refractivity contribution is 6.67. The Morgan fingerprint density at radius 2 is 1.05 bits per heavy atom. The molecule has 0 atom stereocenters. The van der Waals surface area contributed by atoms with Crippen molar-refractivity contribution in [3.8, 4) is 0 Å². The lowest BCUT2D eigenvalue weighted by molar-refractivity contribution is -0.138. The Morgan fingerprint density at radius 1 is 0.750 bits per heavy atom. The van der Waals surface area contributed by atoms with Crippen molar-refractivity contribution in [1.29, 1.82) is 0 Å². The molecule has 20 heavy (non-hydrogen) atoms. The van der Waals surface area contributed by atoms with Crippen LogP contribution in [0.4, 0.5) is 0 Å². The number of hydrogen-bond acceptors (Lipinski definition) is 6. The van der Waals surface area contributed by atoms with Gasteiger partial charge in [-0.3, -0.25) is 9.59 Å². The third kappa shape index (κ3) is 15.4. The summed E-state index contributed by atoms with van der Waals surface area (Å²) in [6.07, 6.45) is 0. The summed E-state index contributed by atoms with van der Waals surface area (Å²) in [6, 6.07) is 0. The first kappa shape index (κ1) is 21.6. The summed E-state index contributed by atoms with van der Waals surface area (Å²) >= 11 is 0. The minimum atomic E-state index is -2.53. The molecule has 0 aliphatic carbocycles. The first-order chi connectivity index (χ1) is 8.95. The van der Waals surface area contributed by atoms with Crippen LogP contribution in [0, 0.1) is 0 Å². The van der Waals surface area contributed by atoms with Gasteiger partial charge in [0.25, 0.3) is 11.9 Å². The van der Waals surface area contributed by atoms with Crippen molar-refractivity contribution in [3.05, 3.63) is 0 Å². The zero-order valence-electron chi connectivity index (χ0n) is 13.9. The summed E-state index contributed by atoms with van der Waals surface area (Å²) in [5, 5.41) is 0. The van der Waals surface area contributed by atoms with Crippen LogP contribution in [0.5, 0.6) is 0 Å². The van der Waals surface area contributed by atoms with Crippen molar-refractivity contribution in [2.24, 2.45) is 0 Å². The van der Waals surface area contributed by atoms with Crippen LogP contribution in [0.15, 0.2) is 0 Å². The summed E-state index contributed by atoms with van der Waals surface area (Å²) in [5.41, 5.74) is 0. The van der Waals surface area contributed by atoms with Crippen LogP contribution in [-0.4, -0.2) is 42.3 Å². The van der Waals surface area contributed by atoms with Gasteiger partial charge in [-0.25, -0.2) is 0 Å². The summed E-state index contributed by atoms with van der Waals surface area (Å²) in [4.78, 5) is 20.9. The molecule has 0 saturated heterocycles. The lowest BCUT2D eigenvalue weighted by Crippen LogP contribution is -2.38. The zero-order chi connectivity index (χ0) is 16.4. The fraction of sp³-hybridized carbons (Fsp3) is 0.833. The van der Waals surface area contributed by atoms with E-state index in [-0.39, 0.29) is 0 Å². The molecular weight excluding hydrogens is 296 g/mol. The molecule has 0 bridgehead atoms. The largest absolute Gasteiger partial charge is 0.485 e. The maximum atomic E-state index is 10.5. The Hall–Kier alpha value is -0.706. The van der Waals surface area contributed by atoms with E-state index >= 15 is 0 Å². The summed E-state index contributed by atoms with van der Waals surface area (Å²) in [5.74, 6) is -0.828. The third-order valence-electron chi connectivity index (χ3n) is 1.76. The monoisotopic (exact) mass is 324 g/mol. The van der Waals surface area contributed by atoms with E-state index in [0.29, 0.717) is 0 Å². The smallest absolute Gasteiger partial charge is 0.457 e. The molecule has 0 radical (unpaired) electrons. The minimum absolute atomic E-state index is 0.414. The molecule has 0 N–H and O–H groups in total. The molecule has 0 rings (SSSR count). The van der Waals surface area contributed by atoms with Crippen LogP contribution in [-0.2, 0) is 27.3 Å². The van der Waals surface area contributed by atoms with Crippen LogP contribution in [0.25, 0.3) is 0 Å². The summed E-state index contributed by atoms with van der Waals surface area (Å²) in [7, 11) is -4.23. The molecule has 120 valence electrons. The zero-order valence-corrected chi connectivity index (χ0v) is 15.9. The van der Waals surface area contributed by atoms with Gasteiger partial charge in [0.1, 0.15) is 0 Å². The molecule has 0 unspecified atom stereocenters. The Labute approximate surface area is 124 Å². The Kier molecular flexibility index (Phi) is 10.9. The van der Waals surface area contributed by atoms with Gasteiger partial charge in [-0.05, 0) is 26.9 Å². The van der Waals surface area contributed by atoms with Crippen LogP contribution in [0.2, 0.25) is 26.2 Å². The maximum absolute atomic E-state index is 10.5. The van der Waals surface area contributed by atoms with E-state index in [1.807, 2.05) is 13.8 Å². The predicted molar refractivity (Wildman–Crippen MR) is 81.7 cm³/mol. The molecular formula is C12H28O6Si2. The summed E-state index contributed by atoms with van der Waals surface area (Å²) in [6.45, 7) is 15.5. The number of carbonyl (C=O) groups is 2. The molecule has 0 spiro atoms. The molecule has 0 aromatic rings. The molecule has 0 fully saturated rings. The highest BCUT2D eigenvalue weighted by Crippen LogP contribution is 2.06. The van der Waals surface area contributed by atoms with Gasteiger partial charge in [-0.15, -0.1) is 0 Å². The molecule has 0 aliphatic heterocycles. The van der Waals surface area contributed by atoms with Gasteiger partial charge < -0.3 is 17.7 Å². The van der Waals surface area contributed by atoms with Crippen LogP contribution >= 0.6 is 0 Å². The van der Waals surface area contributed by atoms with E-state index in [1.165, 1.54) is 13.8 Å². The predicted octanol–water partition coefficient (Wildman–Crippen LogP) is 2.58. The molecule has 0 aromatic carbocycles. The molecule has 0 aromatic heterocycles. The SMILES string of the molecule is CC(=O)O[Si](C)(C)OC(C)=O.CCO[Si](C)(C)OCC. The fourth-order valence-electron chi connectivity index (χ4n) is 1.45. The van der Waals surface area contributed by atoms with E-state index < -0.39 is 29.1 Å². The Balaban J connectivity index is 0. The van der Waals surface area contributed by atoms with Gasteiger partial charge in [0.15, 0.2) is 0 Å². The van der Waals surface area contributed by atoms with Crippen LogP contribution in [0.3, 0.4) is 0 Å². The Bertz CT molecular complexity index is 278. The number of rotatable bonds is 6. The van der Waals surface area contributed by atoms with E-state index in [0.717, 1.165) is 13.2 Å². The second kappa shape index (κ2) is 10.1. The molecule has 0 saturated carbocycles. The van der Waals surface area contributed by atoms with Crippen molar-refractivity contribution in [3.63, 3.8) is 0 Å². The lowest BCUT2D eigenvalue weighted by Gasteiger charge is -2.20. The van der Waals surface area contributed by atoms with Crippen LogP contribution < -0.4 is 0 Å². The highest BCUT2D eigenvalue weighted by Gasteiger charge is 2.31. The molecule has 0 heterocycles. The molecule has 8 heteroatoms. The van der Waals surface area contributed by atoms with Crippen molar-refractivity contribution < 1.29 is 27.3 Å². The molecule has 0 amide bonds. The minimum Gasteiger partial charge on any atom is -0.485 e. The second-order valence-corrected chi connectivity index (χ2v) is 11.4. The second-order valence-electron chi connectivity index (χ2n) is 4.85. The van der Waals surface area contributed by atoms with E-state index in [9.17, 15) is 9.59 Å². The first-order valence-electron chi connectivity index (χ1n) is 6.62. The average Bonchev–Trinajstić information content (AvgIpc) is 2.12. The van der Waals surface area contributed by atoms with Gasteiger partial charge in [-0.1, -0.05) is 0 Å². The van der Waals surface area contributed by atoms with Gasteiger partial charge in [0.05, 0.1) is 0 Å². The maximum Gasteiger partial charge on any atom is 0.457 e. The van der Waals surface area contributed by atoms with Gasteiger partial charge in [0.2, 0.25) is 0 Å².